The summed E-state index contributed by atoms with van der Waals surface area (Å²) >= 11 is 0. The van der Waals surface area contributed by atoms with Crippen molar-refractivity contribution in [1.82, 2.24) is 4.98 Å². The van der Waals surface area contributed by atoms with Crippen LogP contribution in [0.1, 0.15) is 43.0 Å². The second-order valence-corrected chi connectivity index (χ2v) is 5.20. The zero-order valence-corrected chi connectivity index (χ0v) is 10.5. The number of carbonyl (C=O) groups excluding carboxylic acids is 1. The first-order chi connectivity index (χ1) is 8.48. The summed E-state index contributed by atoms with van der Waals surface area (Å²) in [7, 11) is 0. The zero-order valence-electron chi connectivity index (χ0n) is 10.5. The molecule has 1 aromatic heterocycles. The molecule has 1 heterocycles. The molecule has 0 radical (unpaired) electrons. The van der Waals surface area contributed by atoms with Gasteiger partial charge in [-0.1, -0.05) is 0 Å². The summed E-state index contributed by atoms with van der Waals surface area (Å²) in [5.74, 6) is 0.0147. The van der Waals surface area contributed by atoms with Crippen molar-refractivity contribution in [1.29, 1.82) is 0 Å². The first-order valence-electron chi connectivity index (χ1n) is 6.22. The van der Waals surface area contributed by atoms with Crippen LogP contribution in [-0.4, -0.2) is 27.6 Å². The topological polar surface area (TPSA) is 88.2 Å². The van der Waals surface area contributed by atoms with E-state index in [1.54, 1.807) is 18.3 Å². The Morgan fingerprint density at radius 1 is 1.67 bits per heavy atom. The number of nitrogens with one attached hydrogen (secondary N) is 1. The first kappa shape index (κ1) is 12.8. The fourth-order valence-corrected chi connectivity index (χ4v) is 2.50. The maximum absolute atomic E-state index is 11.3. The monoisotopic (exact) mass is 249 g/mol. The van der Waals surface area contributed by atoms with Crippen molar-refractivity contribution in [3.63, 3.8) is 0 Å². The number of pyridine rings is 1. The van der Waals surface area contributed by atoms with Gasteiger partial charge in [-0.05, 0) is 44.7 Å². The van der Waals surface area contributed by atoms with E-state index in [0.717, 1.165) is 19.3 Å². The van der Waals surface area contributed by atoms with E-state index in [9.17, 15) is 9.90 Å². The molecule has 1 aliphatic rings. The van der Waals surface area contributed by atoms with Crippen LogP contribution >= 0.6 is 0 Å². The van der Waals surface area contributed by atoms with Gasteiger partial charge < -0.3 is 16.2 Å². The molecule has 1 unspecified atom stereocenters. The average molecular weight is 249 g/mol. The molecule has 2 atom stereocenters. The molecule has 1 saturated carbocycles. The normalized spacial score (nSPS) is 27.8. The number of nitrogens with two attached hydrogens (primary N) is 1. The first-order valence-corrected chi connectivity index (χ1v) is 6.22. The third kappa shape index (κ3) is 2.98. The van der Waals surface area contributed by atoms with Crippen LogP contribution in [0.2, 0.25) is 0 Å². The summed E-state index contributed by atoms with van der Waals surface area (Å²) in [5, 5.41) is 13.3. The van der Waals surface area contributed by atoms with Crippen LogP contribution in [0, 0.1) is 0 Å². The predicted octanol–water partition coefficient (Wildman–Crippen LogP) is 1.29. The number of hydrogen-bond donors (Lipinski definition) is 3. The largest absolute Gasteiger partial charge is 0.390 e. The second-order valence-electron chi connectivity index (χ2n) is 5.20. The molecule has 1 aromatic rings. The van der Waals surface area contributed by atoms with Crippen molar-refractivity contribution in [3.05, 3.63) is 23.9 Å². The number of primary amides is 1. The van der Waals surface area contributed by atoms with Gasteiger partial charge in [-0.15, -0.1) is 0 Å². The molecule has 0 aromatic carbocycles. The fraction of sp³-hybridized carbons (Fsp3) is 0.538. The molecule has 5 heteroatoms. The number of hydrogen-bond acceptors (Lipinski definition) is 4. The van der Waals surface area contributed by atoms with Crippen molar-refractivity contribution in [3.8, 4) is 0 Å². The van der Waals surface area contributed by atoms with Gasteiger partial charge in [-0.25, -0.2) is 4.98 Å². The van der Waals surface area contributed by atoms with Crippen LogP contribution in [0.5, 0.6) is 0 Å². The molecule has 0 aliphatic heterocycles. The lowest BCUT2D eigenvalue weighted by atomic mass is 9.83. The average Bonchev–Trinajstić information content (AvgIpc) is 2.28. The summed E-state index contributed by atoms with van der Waals surface area (Å²) < 4.78 is 0. The van der Waals surface area contributed by atoms with E-state index in [2.05, 4.69) is 10.3 Å². The Morgan fingerprint density at radius 3 is 3.11 bits per heavy atom. The van der Waals surface area contributed by atoms with Crippen LogP contribution in [0.3, 0.4) is 0 Å². The Labute approximate surface area is 106 Å². The minimum Gasteiger partial charge on any atom is -0.390 e. The molecule has 4 N–H and O–H groups in total. The number of nitrogens with zero attached hydrogens (tertiary/aromatic N) is 1. The Morgan fingerprint density at radius 2 is 2.44 bits per heavy atom. The summed E-state index contributed by atoms with van der Waals surface area (Å²) in [6.07, 6.45) is 5.02. The van der Waals surface area contributed by atoms with Gasteiger partial charge in [-0.3, -0.25) is 4.79 Å². The Hall–Kier alpha value is -1.62. The van der Waals surface area contributed by atoms with Gasteiger partial charge in [0, 0.05) is 12.2 Å². The number of aromatic nitrogens is 1. The van der Waals surface area contributed by atoms with E-state index in [1.807, 2.05) is 6.92 Å². The van der Waals surface area contributed by atoms with Crippen molar-refractivity contribution in [2.45, 2.75) is 44.2 Å². The lowest BCUT2D eigenvalue weighted by Crippen LogP contribution is -2.38. The summed E-state index contributed by atoms with van der Waals surface area (Å²) in [6.45, 7) is 1.84. The molecule has 1 amide bonds. The lowest BCUT2D eigenvalue weighted by Gasteiger charge is -2.34. The molecule has 18 heavy (non-hydrogen) atoms. The molecule has 1 aliphatic carbocycles. The second kappa shape index (κ2) is 4.94. The highest BCUT2D eigenvalue weighted by Gasteiger charge is 2.30. The van der Waals surface area contributed by atoms with Crippen molar-refractivity contribution in [2.24, 2.45) is 5.73 Å². The van der Waals surface area contributed by atoms with Gasteiger partial charge in [0.1, 0.15) is 5.82 Å². The number of aliphatic hydroxyl groups is 1. The highest BCUT2D eigenvalue weighted by Crippen LogP contribution is 2.29. The quantitative estimate of drug-likeness (QED) is 0.753. The number of carbonyl (C=O) groups is 1. The van der Waals surface area contributed by atoms with Gasteiger partial charge in [0.15, 0.2) is 0 Å². The number of amides is 1. The van der Waals surface area contributed by atoms with Gasteiger partial charge in [-0.2, -0.15) is 0 Å². The highest BCUT2D eigenvalue weighted by molar-refractivity contribution is 5.97. The van der Waals surface area contributed by atoms with E-state index in [-0.39, 0.29) is 6.04 Å². The number of anilines is 1. The SMILES string of the molecule is CC1(O)CCC[C@H](Nc2ncccc2C(N)=O)C1. The van der Waals surface area contributed by atoms with E-state index < -0.39 is 11.5 Å². The van der Waals surface area contributed by atoms with Gasteiger partial charge >= 0.3 is 0 Å². The Bertz CT molecular complexity index is 446. The van der Waals surface area contributed by atoms with E-state index in [1.165, 1.54) is 0 Å². The van der Waals surface area contributed by atoms with E-state index >= 15 is 0 Å². The molecular formula is C13H19N3O2. The summed E-state index contributed by atoms with van der Waals surface area (Å²) in [4.78, 5) is 15.4. The van der Waals surface area contributed by atoms with Crippen LogP contribution in [0.4, 0.5) is 5.82 Å². The minimum atomic E-state index is -0.641. The van der Waals surface area contributed by atoms with Gasteiger partial charge in [0.25, 0.3) is 5.91 Å². The lowest BCUT2D eigenvalue weighted by molar-refractivity contribution is 0.0182. The van der Waals surface area contributed by atoms with Crippen LogP contribution in [0.25, 0.3) is 0 Å². The van der Waals surface area contributed by atoms with Crippen LogP contribution in [-0.2, 0) is 0 Å². The number of rotatable bonds is 3. The maximum atomic E-state index is 11.3. The maximum Gasteiger partial charge on any atom is 0.252 e. The smallest absolute Gasteiger partial charge is 0.252 e. The van der Waals surface area contributed by atoms with E-state index in [0.29, 0.717) is 17.8 Å². The van der Waals surface area contributed by atoms with Crippen LogP contribution in [0.15, 0.2) is 18.3 Å². The van der Waals surface area contributed by atoms with Gasteiger partial charge in [0.2, 0.25) is 0 Å². The molecule has 0 bridgehead atoms. The van der Waals surface area contributed by atoms with Crippen molar-refractivity contribution in [2.75, 3.05) is 5.32 Å². The zero-order chi connectivity index (χ0) is 13.2. The minimum absolute atomic E-state index is 0.127. The Kier molecular flexibility index (Phi) is 3.52. The van der Waals surface area contributed by atoms with Crippen molar-refractivity contribution >= 4 is 11.7 Å². The standard InChI is InChI=1S/C13H19N3O2/c1-13(18)6-2-4-9(8-13)16-12-10(11(14)17)5-3-7-15-12/h3,5,7,9,18H,2,4,6,8H2,1H3,(H2,14,17)(H,15,16)/t9-,13?/m0/s1. The van der Waals surface area contributed by atoms with Gasteiger partial charge in [0.05, 0.1) is 11.2 Å². The molecule has 98 valence electrons. The third-order valence-corrected chi connectivity index (χ3v) is 3.37. The molecular weight excluding hydrogens is 230 g/mol. The third-order valence-electron chi connectivity index (χ3n) is 3.37. The molecule has 0 saturated heterocycles. The molecule has 0 spiro atoms. The molecule has 1 fully saturated rings. The predicted molar refractivity (Wildman–Crippen MR) is 69.3 cm³/mol. The molecule has 2 rings (SSSR count). The molecule has 5 nitrogen and oxygen atoms in total. The van der Waals surface area contributed by atoms with E-state index in [4.69, 9.17) is 5.73 Å². The summed E-state index contributed by atoms with van der Waals surface area (Å²) in [5.41, 5.74) is 5.05. The summed E-state index contributed by atoms with van der Waals surface area (Å²) in [6, 6.07) is 3.46. The van der Waals surface area contributed by atoms with Crippen LogP contribution < -0.4 is 11.1 Å². The highest BCUT2D eigenvalue weighted by atomic mass is 16.3. The Balaban J connectivity index is 2.12. The fourth-order valence-electron chi connectivity index (χ4n) is 2.50. The van der Waals surface area contributed by atoms with Crippen molar-refractivity contribution < 1.29 is 9.90 Å².